The Kier molecular flexibility index (Phi) is 6.22. The zero-order valence-corrected chi connectivity index (χ0v) is 20.0. The standard InChI is InChI=1S/C27H30N4O3/c1-19-25(27(32)31-13-11-30(12-14-31)15-16-33-3)28-29(2)26(19)22-9-6-8-20(17-22)24-18-21-7-4-5-10-23(21)34-24/h4-10,17-18H,11-16H2,1-3H3. The molecule has 0 radical (unpaired) electrons. The van der Waals surface area contributed by atoms with E-state index in [9.17, 15) is 4.79 Å². The number of methoxy groups -OCH3 is 1. The molecule has 2 aromatic heterocycles. The molecule has 3 heterocycles. The number of nitrogens with zero attached hydrogens (tertiary/aromatic N) is 4. The summed E-state index contributed by atoms with van der Waals surface area (Å²) in [6, 6.07) is 18.3. The van der Waals surface area contributed by atoms with Gasteiger partial charge in [0, 0.05) is 69.0 Å². The Balaban J connectivity index is 1.39. The normalized spacial score (nSPS) is 14.7. The van der Waals surface area contributed by atoms with Gasteiger partial charge >= 0.3 is 0 Å². The van der Waals surface area contributed by atoms with Crippen molar-refractivity contribution >= 4 is 16.9 Å². The summed E-state index contributed by atoms with van der Waals surface area (Å²) < 4.78 is 13.1. The Labute approximate surface area is 199 Å². The van der Waals surface area contributed by atoms with Crippen LogP contribution in [0.25, 0.3) is 33.6 Å². The third-order valence-corrected chi connectivity index (χ3v) is 6.60. The summed E-state index contributed by atoms with van der Waals surface area (Å²) in [7, 11) is 3.61. The van der Waals surface area contributed by atoms with Crippen molar-refractivity contribution in [2.75, 3.05) is 46.4 Å². The number of fused-ring (bicyclic) bond motifs is 1. The van der Waals surface area contributed by atoms with E-state index >= 15 is 0 Å². The molecule has 1 aliphatic rings. The van der Waals surface area contributed by atoms with E-state index < -0.39 is 0 Å². The van der Waals surface area contributed by atoms with Gasteiger partial charge in [-0.2, -0.15) is 5.10 Å². The monoisotopic (exact) mass is 458 g/mol. The van der Waals surface area contributed by atoms with Crippen molar-refractivity contribution in [2.45, 2.75) is 6.92 Å². The van der Waals surface area contributed by atoms with Gasteiger partial charge in [-0.1, -0.05) is 36.4 Å². The van der Waals surface area contributed by atoms with Gasteiger partial charge in [0.05, 0.1) is 12.3 Å². The van der Waals surface area contributed by atoms with E-state index in [1.807, 2.05) is 60.0 Å². The van der Waals surface area contributed by atoms with Gasteiger partial charge in [-0.3, -0.25) is 14.4 Å². The van der Waals surface area contributed by atoms with Crippen LogP contribution in [0.3, 0.4) is 0 Å². The Morgan fingerprint density at radius 2 is 1.79 bits per heavy atom. The molecule has 1 amide bonds. The molecule has 34 heavy (non-hydrogen) atoms. The van der Waals surface area contributed by atoms with Crippen LogP contribution in [-0.4, -0.2) is 71.9 Å². The highest BCUT2D eigenvalue weighted by Gasteiger charge is 2.27. The number of benzene rings is 2. The van der Waals surface area contributed by atoms with E-state index in [2.05, 4.69) is 28.2 Å². The minimum Gasteiger partial charge on any atom is -0.456 e. The van der Waals surface area contributed by atoms with E-state index in [0.717, 1.165) is 58.7 Å². The number of aromatic nitrogens is 2. The summed E-state index contributed by atoms with van der Waals surface area (Å²) in [6.07, 6.45) is 0. The Hall–Kier alpha value is -3.42. The Bertz CT molecular complexity index is 1280. The fourth-order valence-corrected chi connectivity index (χ4v) is 4.72. The van der Waals surface area contributed by atoms with Gasteiger partial charge in [0.25, 0.3) is 5.91 Å². The van der Waals surface area contributed by atoms with Crippen molar-refractivity contribution in [1.82, 2.24) is 19.6 Å². The molecular formula is C27H30N4O3. The molecule has 0 atom stereocenters. The highest BCUT2D eigenvalue weighted by atomic mass is 16.5. The molecule has 0 N–H and O–H groups in total. The second-order valence-corrected chi connectivity index (χ2v) is 8.80. The first-order chi connectivity index (χ1) is 16.5. The summed E-state index contributed by atoms with van der Waals surface area (Å²) >= 11 is 0. The average molecular weight is 459 g/mol. The van der Waals surface area contributed by atoms with Crippen molar-refractivity contribution in [2.24, 2.45) is 7.05 Å². The highest BCUT2D eigenvalue weighted by molar-refractivity contribution is 5.95. The zero-order chi connectivity index (χ0) is 23.7. The van der Waals surface area contributed by atoms with Crippen LogP contribution >= 0.6 is 0 Å². The molecule has 0 unspecified atom stereocenters. The fraction of sp³-hybridized carbons (Fsp3) is 0.333. The molecule has 7 nitrogen and oxygen atoms in total. The van der Waals surface area contributed by atoms with Gasteiger partial charge in [0.15, 0.2) is 5.69 Å². The van der Waals surface area contributed by atoms with E-state index in [1.165, 1.54) is 0 Å². The second-order valence-electron chi connectivity index (χ2n) is 8.80. The van der Waals surface area contributed by atoms with Crippen molar-refractivity contribution in [3.8, 4) is 22.6 Å². The van der Waals surface area contributed by atoms with Crippen LogP contribution in [0.1, 0.15) is 16.1 Å². The quantitative estimate of drug-likeness (QED) is 0.433. The van der Waals surface area contributed by atoms with E-state index in [0.29, 0.717) is 25.4 Å². The zero-order valence-electron chi connectivity index (χ0n) is 20.0. The Morgan fingerprint density at radius 1 is 1.03 bits per heavy atom. The van der Waals surface area contributed by atoms with Crippen molar-refractivity contribution < 1.29 is 13.9 Å². The first kappa shape index (κ1) is 22.4. The van der Waals surface area contributed by atoms with Crippen LogP contribution in [0.2, 0.25) is 0 Å². The fourth-order valence-electron chi connectivity index (χ4n) is 4.72. The summed E-state index contributed by atoms with van der Waals surface area (Å²) in [4.78, 5) is 17.6. The molecule has 1 fully saturated rings. The van der Waals surface area contributed by atoms with Crippen LogP contribution in [0, 0.1) is 6.92 Å². The van der Waals surface area contributed by atoms with Crippen LogP contribution in [0.15, 0.2) is 59.0 Å². The Morgan fingerprint density at radius 3 is 2.56 bits per heavy atom. The number of piperazine rings is 1. The smallest absolute Gasteiger partial charge is 0.274 e. The molecule has 7 heteroatoms. The third-order valence-electron chi connectivity index (χ3n) is 6.60. The molecule has 1 saturated heterocycles. The average Bonchev–Trinajstić information content (AvgIpc) is 3.43. The predicted molar refractivity (Wildman–Crippen MR) is 133 cm³/mol. The van der Waals surface area contributed by atoms with Gasteiger partial charge in [0.1, 0.15) is 11.3 Å². The predicted octanol–water partition coefficient (Wildman–Crippen LogP) is 4.21. The minimum atomic E-state index is -0.000759. The molecule has 1 aliphatic heterocycles. The number of hydrogen-bond acceptors (Lipinski definition) is 5. The number of aryl methyl sites for hydroxylation is 1. The van der Waals surface area contributed by atoms with Gasteiger partial charge in [-0.05, 0) is 25.1 Å². The number of carbonyl (C=O) groups excluding carboxylic acids is 1. The maximum absolute atomic E-state index is 13.3. The van der Waals surface area contributed by atoms with Gasteiger partial charge in [-0.25, -0.2) is 0 Å². The molecule has 2 aromatic carbocycles. The summed E-state index contributed by atoms with van der Waals surface area (Å²) in [5, 5.41) is 5.71. The molecule has 0 aliphatic carbocycles. The maximum Gasteiger partial charge on any atom is 0.274 e. The lowest BCUT2D eigenvalue weighted by atomic mass is 10.0. The van der Waals surface area contributed by atoms with Crippen LogP contribution in [-0.2, 0) is 11.8 Å². The SMILES string of the molecule is COCCN1CCN(C(=O)c2nn(C)c(-c3cccc(-c4cc5ccccc5o4)c3)c2C)CC1. The van der Waals surface area contributed by atoms with E-state index in [4.69, 9.17) is 9.15 Å². The number of hydrogen-bond donors (Lipinski definition) is 0. The van der Waals surface area contributed by atoms with E-state index in [-0.39, 0.29) is 5.91 Å². The maximum atomic E-state index is 13.3. The number of amides is 1. The lowest BCUT2D eigenvalue weighted by Gasteiger charge is -2.34. The van der Waals surface area contributed by atoms with Gasteiger partial charge in [0.2, 0.25) is 0 Å². The number of ether oxygens (including phenoxy) is 1. The number of rotatable bonds is 6. The highest BCUT2D eigenvalue weighted by Crippen LogP contribution is 2.32. The lowest BCUT2D eigenvalue weighted by Crippen LogP contribution is -2.49. The minimum absolute atomic E-state index is 0.000759. The molecule has 0 bridgehead atoms. The molecule has 5 rings (SSSR count). The topological polar surface area (TPSA) is 63.7 Å². The van der Waals surface area contributed by atoms with Gasteiger partial charge in [-0.15, -0.1) is 0 Å². The molecular weight excluding hydrogens is 428 g/mol. The van der Waals surface area contributed by atoms with Crippen LogP contribution < -0.4 is 0 Å². The first-order valence-corrected chi connectivity index (χ1v) is 11.7. The lowest BCUT2D eigenvalue weighted by molar-refractivity contribution is 0.0587. The van der Waals surface area contributed by atoms with Gasteiger partial charge < -0.3 is 14.1 Å². The van der Waals surface area contributed by atoms with Crippen molar-refractivity contribution in [1.29, 1.82) is 0 Å². The van der Waals surface area contributed by atoms with Crippen molar-refractivity contribution in [3.63, 3.8) is 0 Å². The number of furan rings is 1. The van der Waals surface area contributed by atoms with Crippen molar-refractivity contribution in [3.05, 3.63) is 65.9 Å². The summed E-state index contributed by atoms with van der Waals surface area (Å²) in [5.74, 6) is 0.824. The largest absolute Gasteiger partial charge is 0.456 e. The molecule has 4 aromatic rings. The summed E-state index contributed by atoms with van der Waals surface area (Å²) in [5.41, 5.74) is 5.24. The van der Waals surface area contributed by atoms with E-state index in [1.54, 1.807) is 7.11 Å². The third kappa shape index (κ3) is 4.24. The van der Waals surface area contributed by atoms with Crippen LogP contribution in [0.4, 0.5) is 0 Å². The molecule has 176 valence electrons. The number of carbonyl (C=O) groups is 1. The first-order valence-electron chi connectivity index (χ1n) is 11.7. The molecule has 0 spiro atoms. The van der Waals surface area contributed by atoms with Crippen LogP contribution in [0.5, 0.6) is 0 Å². The second kappa shape index (κ2) is 9.44. The molecule has 0 saturated carbocycles. The number of para-hydroxylation sites is 1. The summed E-state index contributed by atoms with van der Waals surface area (Å²) in [6.45, 7) is 6.71.